The van der Waals surface area contributed by atoms with Gasteiger partial charge in [-0.3, -0.25) is 9.78 Å². The van der Waals surface area contributed by atoms with Crippen molar-refractivity contribution >= 4 is 17.2 Å². The van der Waals surface area contributed by atoms with Crippen LogP contribution in [-0.2, 0) is 6.54 Å². The first-order valence-corrected chi connectivity index (χ1v) is 8.57. The number of hydrogen-bond donors (Lipinski definition) is 1. The van der Waals surface area contributed by atoms with Crippen LogP contribution in [0.3, 0.4) is 0 Å². The fourth-order valence-electron chi connectivity index (χ4n) is 2.51. The van der Waals surface area contributed by atoms with Crippen LogP contribution in [0.5, 0.6) is 11.5 Å². The summed E-state index contributed by atoms with van der Waals surface area (Å²) >= 11 is 1.34. The van der Waals surface area contributed by atoms with Gasteiger partial charge in [0.2, 0.25) is 6.79 Å². The van der Waals surface area contributed by atoms with Crippen molar-refractivity contribution in [2.45, 2.75) is 13.5 Å². The largest absolute Gasteiger partial charge is 0.454 e. The zero-order valence-electron chi connectivity index (χ0n) is 13.5. The van der Waals surface area contributed by atoms with Crippen LogP contribution in [0.15, 0.2) is 42.7 Å². The number of nitrogens with zero attached hydrogens (tertiary/aromatic N) is 2. The fourth-order valence-corrected chi connectivity index (χ4v) is 3.34. The molecule has 25 heavy (non-hydrogen) atoms. The first-order chi connectivity index (χ1) is 12.2. The second-order valence-electron chi connectivity index (χ2n) is 5.53. The van der Waals surface area contributed by atoms with Gasteiger partial charge in [-0.05, 0) is 36.8 Å². The lowest BCUT2D eigenvalue weighted by Gasteiger charge is -2.05. The fraction of sp³-hybridized carbons (Fsp3) is 0.167. The molecule has 0 atom stereocenters. The third-order valence-electron chi connectivity index (χ3n) is 3.90. The normalized spacial score (nSPS) is 12.2. The minimum absolute atomic E-state index is 0.146. The van der Waals surface area contributed by atoms with E-state index in [4.69, 9.17) is 9.47 Å². The van der Waals surface area contributed by atoms with E-state index in [2.05, 4.69) is 15.3 Å². The van der Waals surface area contributed by atoms with Gasteiger partial charge in [0.05, 0.1) is 6.20 Å². The number of amides is 1. The number of benzene rings is 1. The highest BCUT2D eigenvalue weighted by molar-refractivity contribution is 7.16. The van der Waals surface area contributed by atoms with E-state index < -0.39 is 0 Å². The molecule has 1 aromatic carbocycles. The molecule has 1 N–H and O–H groups in total. The SMILES string of the molecule is Cc1ncccc1CNC(=O)c1cnc(-c2ccc3c(c2)OCO3)s1. The van der Waals surface area contributed by atoms with Gasteiger partial charge in [-0.2, -0.15) is 0 Å². The van der Waals surface area contributed by atoms with Crippen molar-refractivity contribution in [2.75, 3.05) is 6.79 Å². The van der Waals surface area contributed by atoms with E-state index in [9.17, 15) is 4.79 Å². The van der Waals surface area contributed by atoms with Crippen molar-refractivity contribution in [2.24, 2.45) is 0 Å². The first-order valence-electron chi connectivity index (χ1n) is 7.75. The molecular weight excluding hydrogens is 338 g/mol. The number of carbonyl (C=O) groups excluding carboxylic acids is 1. The van der Waals surface area contributed by atoms with Gasteiger partial charge in [0.25, 0.3) is 5.91 Å². The Morgan fingerprint density at radius 1 is 1.24 bits per heavy atom. The topological polar surface area (TPSA) is 73.3 Å². The Balaban J connectivity index is 1.47. The average molecular weight is 353 g/mol. The molecule has 0 radical (unpaired) electrons. The Morgan fingerprint density at radius 3 is 3.00 bits per heavy atom. The molecule has 2 aromatic heterocycles. The average Bonchev–Trinajstić information content (AvgIpc) is 3.29. The Labute approximate surface area is 148 Å². The molecule has 1 amide bonds. The van der Waals surface area contributed by atoms with E-state index in [0.29, 0.717) is 17.2 Å². The molecule has 7 heteroatoms. The second-order valence-corrected chi connectivity index (χ2v) is 6.56. The summed E-state index contributed by atoms with van der Waals surface area (Å²) in [6.45, 7) is 2.60. The summed E-state index contributed by atoms with van der Waals surface area (Å²) < 4.78 is 10.7. The molecule has 1 aliphatic heterocycles. The third-order valence-corrected chi connectivity index (χ3v) is 4.95. The lowest BCUT2D eigenvalue weighted by Crippen LogP contribution is -2.22. The van der Waals surface area contributed by atoms with Gasteiger partial charge in [0.1, 0.15) is 9.88 Å². The zero-order valence-corrected chi connectivity index (χ0v) is 14.3. The molecule has 0 spiro atoms. The third kappa shape index (κ3) is 3.18. The number of thiazole rings is 1. The molecular formula is C18H15N3O3S. The zero-order chi connectivity index (χ0) is 17.2. The minimum atomic E-state index is -0.146. The summed E-state index contributed by atoms with van der Waals surface area (Å²) in [6.07, 6.45) is 3.33. The van der Waals surface area contributed by atoms with E-state index in [0.717, 1.165) is 27.6 Å². The van der Waals surface area contributed by atoms with E-state index in [-0.39, 0.29) is 12.7 Å². The van der Waals surface area contributed by atoms with Gasteiger partial charge >= 0.3 is 0 Å². The van der Waals surface area contributed by atoms with E-state index in [1.807, 2.05) is 37.3 Å². The molecule has 0 saturated carbocycles. The highest BCUT2D eigenvalue weighted by Crippen LogP contribution is 2.36. The van der Waals surface area contributed by atoms with Crippen LogP contribution in [0.4, 0.5) is 0 Å². The summed E-state index contributed by atoms with van der Waals surface area (Å²) in [6, 6.07) is 9.45. The smallest absolute Gasteiger partial charge is 0.263 e. The van der Waals surface area contributed by atoms with E-state index >= 15 is 0 Å². The minimum Gasteiger partial charge on any atom is -0.454 e. The summed E-state index contributed by atoms with van der Waals surface area (Å²) in [5, 5.41) is 3.67. The van der Waals surface area contributed by atoms with Gasteiger partial charge in [-0.1, -0.05) is 6.07 Å². The van der Waals surface area contributed by atoms with Gasteiger partial charge in [0.15, 0.2) is 11.5 Å². The maximum Gasteiger partial charge on any atom is 0.263 e. The number of nitrogens with one attached hydrogen (secondary N) is 1. The van der Waals surface area contributed by atoms with Crippen molar-refractivity contribution in [1.29, 1.82) is 0 Å². The van der Waals surface area contributed by atoms with Crippen LogP contribution in [0.2, 0.25) is 0 Å². The lowest BCUT2D eigenvalue weighted by atomic mass is 10.2. The van der Waals surface area contributed by atoms with Crippen molar-refractivity contribution in [1.82, 2.24) is 15.3 Å². The van der Waals surface area contributed by atoms with E-state index in [1.54, 1.807) is 12.4 Å². The van der Waals surface area contributed by atoms with Crippen LogP contribution in [0.25, 0.3) is 10.6 Å². The summed E-state index contributed by atoms with van der Waals surface area (Å²) in [5.41, 5.74) is 2.81. The summed E-state index contributed by atoms with van der Waals surface area (Å²) in [7, 11) is 0. The van der Waals surface area contributed by atoms with Gasteiger partial charge < -0.3 is 14.8 Å². The lowest BCUT2D eigenvalue weighted by molar-refractivity contribution is 0.0954. The van der Waals surface area contributed by atoms with E-state index in [1.165, 1.54) is 11.3 Å². The molecule has 0 saturated heterocycles. The second kappa shape index (κ2) is 6.52. The quantitative estimate of drug-likeness (QED) is 0.780. The maximum atomic E-state index is 12.4. The molecule has 1 aliphatic rings. The molecule has 126 valence electrons. The highest BCUT2D eigenvalue weighted by Gasteiger charge is 2.17. The Morgan fingerprint density at radius 2 is 2.12 bits per heavy atom. The number of carbonyl (C=O) groups is 1. The van der Waals surface area contributed by atoms with Crippen molar-refractivity contribution in [3.63, 3.8) is 0 Å². The van der Waals surface area contributed by atoms with Crippen molar-refractivity contribution in [3.8, 4) is 22.1 Å². The maximum absolute atomic E-state index is 12.4. The van der Waals surface area contributed by atoms with Crippen LogP contribution in [-0.4, -0.2) is 22.7 Å². The number of aryl methyl sites for hydroxylation is 1. The Kier molecular flexibility index (Phi) is 4.07. The monoisotopic (exact) mass is 353 g/mol. The van der Waals surface area contributed by atoms with Crippen LogP contribution in [0.1, 0.15) is 20.9 Å². The molecule has 4 rings (SSSR count). The van der Waals surface area contributed by atoms with Gasteiger partial charge in [0, 0.05) is 24.0 Å². The predicted octanol–water partition coefficient (Wildman–Crippen LogP) is 3.17. The molecule has 3 heterocycles. The Bertz CT molecular complexity index is 939. The molecule has 3 aromatic rings. The number of aromatic nitrogens is 2. The molecule has 6 nitrogen and oxygen atoms in total. The van der Waals surface area contributed by atoms with Crippen molar-refractivity contribution in [3.05, 3.63) is 58.9 Å². The summed E-state index contributed by atoms with van der Waals surface area (Å²) in [5.74, 6) is 1.28. The Hall–Kier alpha value is -2.93. The van der Waals surface area contributed by atoms with Gasteiger partial charge in [-0.15, -0.1) is 11.3 Å². The van der Waals surface area contributed by atoms with Crippen LogP contribution >= 0.6 is 11.3 Å². The predicted molar refractivity (Wildman–Crippen MR) is 93.8 cm³/mol. The van der Waals surface area contributed by atoms with Crippen LogP contribution < -0.4 is 14.8 Å². The van der Waals surface area contributed by atoms with Crippen LogP contribution in [0, 0.1) is 6.92 Å². The number of hydrogen-bond acceptors (Lipinski definition) is 6. The molecule has 0 fully saturated rings. The molecule has 0 bridgehead atoms. The number of rotatable bonds is 4. The van der Waals surface area contributed by atoms with Crippen molar-refractivity contribution < 1.29 is 14.3 Å². The summed E-state index contributed by atoms with van der Waals surface area (Å²) in [4.78, 5) is 21.5. The number of fused-ring (bicyclic) bond motifs is 1. The number of ether oxygens (including phenoxy) is 2. The molecule has 0 unspecified atom stereocenters. The first kappa shape index (κ1) is 15.6. The highest BCUT2D eigenvalue weighted by atomic mass is 32.1. The number of pyridine rings is 1. The standard InChI is InChI=1S/C18H15N3O3S/c1-11-13(3-2-6-19-11)8-20-17(22)16-9-21-18(25-16)12-4-5-14-15(7-12)24-10-23-14/h2-7,9H,8,10H2,1H3,(H,20,22). The van der Waals surface area contributed by atoms with Gasteiger partial charge in [-0.25, -0.2) is 4.98 Å². The molecule has 0 aliphatic carbocycles.